The van der Waals surface area contributed by atoms with Crippen molar-refractivity contribution in [2.75, 3.05) is 6.54 Å². The van der Waals surface area contributed by atoms with Crippen LogP contribution in [-0.4, -0.2) is 17.6 Å². The number of nitrogens with one attached hydrogen (secondary N) is 1. The molecule has 0 bridgehead atoms. The van der Waals surface area contributed by atoms with E-state index in [1.807, 2.05) is 12.1 Å². The zero-order valence-electron chi connectivity index (χ0n) is 12.8. The standard InChI is InChI=1S/C18H23NO2S/c20-15-6-7-17-16(11-15)14(12-22-17)8-9-19-18(21)10-13-4-2-1-3-5-13/h6-7,11-13,20H,1-5,8-10H2,(H,19,21). The number of phenols is 1. The van der Waals surface area contributed by atoms with Crippen LogP contribution in [-0.2, 0) is 11.2 Å². The van der Waals surface area contributed by atoms with Gasteiger partial charge in [-0.1, -0.05) is 19.3 Å². The predicted molar refractivity (Wildman–Crippen MR) is 91.4 cm³/mol. The van der Waals surface area contributed by atoms with Gasteiger partial charge < -0.3 is 10.4 Å². The van der Waals surface area contributed by atoms with E-state index in [0.29, 0.717) is 24.6 Å². The maximum Gasteiger partial charge on any atom is 0.220 e. The molecule has 0 aliphatic heterocycles. The summed E-state index contributed by atoms with van der Waals surface area (Å²) in [5.41, 5.74) is 1.20. The van der Waals surface area contributed by atoms with Crippen LogP contribution in [0, 0.1) is 5.92 Å². The molecule has 118 valence electrons. The molecule has 1 aromatic heterocycles. The molecule has 1 aliphatic rings. The van der Waals surface area contributed by atoms with Gasteiger partial charge in [0, 0.05) is 17.7 Å². The van der Waals surface area contributed by atoms with Crippen molar-refractivity contribution in [2.45, 2.75) is 44.9 Å². The molecular formula is C18H23NO2S. The molecule has 1 saturated carbocycles. The van der Waals surface area contributed by atoms with Crippen LogP contribution in [0.25, 0.3) is 10.1 Å². The van der Waals surface area contributed by atoms with E-state index in [0.717, 1.165) is 11.8 Å². The summed E-state index contributed by atoms with van der Waals surface area (Å²) in [6.45, 7) is 0.674. The fraction of sp³-hybridized carbons (Fsp3) is 0.500. The summed E-state index contributed by atoms with van der Waals surface area (Å²) >= 11 is 1.69. The van der Waals surface area contributed by atoms with E-state index in [2.05, 4.69) is 10.7 Å². The molecule has 0 atom stereocenters. The molecule has 1 aliphatic carbocycles. The topological polar surface area (TPSA) is 49.3 Å². The zero-order valence-corrected chi connectivity index (χ0v) is 13.6. The number of carbonyl (C=O) groups excluding carboxylic acids is 1. The lowest BCUT2D eigenvalue weighted by atomic mass is 9.87. The molecule has 0 saturated heterocycles. The fourth-order valence-electron chi connectivity index (χ4n) is 3.33. The van der Waals surface area contributed by atoms with Crippen molar-refractivity contribution in [3.05, 3.63) is 29.1 Å². The van der Waals surface area contributed by atoms with Crippen molar-refractivity contribution in [1.82, 2.24) is 5.32 Å². The second kappa shape index (κ2) is 7.14. The highest BCUT2D eigenvalue weighted by Crippen LogP contribution is 2.29. The lowest BCUT2D eigenvalue weighted by Crippen LogP contribution is -2.28. The summed E-state index contributed by atoms with van der Waals surface area (Å²) in [6.07, 6.45) is 7.82. The van der Waals surface area contributed by atoms with E-state index in [-0.39, 0.29) is 5.91 Å². The van der Waals surface area contributed by atoms with Gasteiger partial charge in [0.2, 0.25) is 5.91 Å². The fourth-order valence-corrected chi connectivity index (χ4v) is 4.30. The van der Waals surface area contributed by atoms with Gasteiger partial charge in [-0.3, -0.25) is 4.79 Å². The highest BCUT2D eigenvalue weighted by Gasteiger charge is 2.16. The molecule has 2 N–H and O–H groups in total. The number of benzene rings is 1. The summed E-state index contributed by atoms with van der Waals surface area (Å²) in [6, 6.07) is 5.47. The SMILES string of the molecule is O=C(CC1CCCCC1)NCCc1csc2ccc(O)cc12. The van der Waals surface area contributed by atoms with Crippen LogP contribution in [0.15, 0.2) is 23.6 Å². The Morgan fingerprint density at radius 2 is 2.09 bits per heavy atom. The molecule has 1 fully saturated rings. The third-order valence-corrected chi connectivity index (χ3v) is 5.56. The quantitative estimate of drug-likeness (QED) is 0.866. The smallest absolute Gasteiger partial charge is 0.220 e. The number of hydrogen-bond donors (Lipinski definition) is 2. The van der Waals surface area contributed by atoms with Gasteiger partial charge in [-0.15, -0.1) is 11.3 Å². The third-order valence-electron chi connectivity index (χ3n) is 4.55. The number of hydrogen-bond acceptors (Lipinski definition) is 3. The molecule has 2 aromatic rings. The monoisotopic (exact) mass is 317 g/mol. The van der Waals surface area contributed by atoms with Crippen molar-refractivity contribution in [3.8, 4) is 5.75 Å². The minimum atomic E-state index is 0.189. The number of amides is 1. The van der Waals surface area contributed by atoms with E-state index in [1.165, 1.54) is 42.4 Å². The number of phenolic OH excluding ortho intramolecular Hbond substituents is 1. The van der Waals surface area contributed by atoms with Gasteiger partial charge >= 0.3 is 0 Å². The van der Waals surface area contributed by atoms with Crippen LogP contribution in [0.4, 0.5) is 0 Å². The Kier molecular flexibility index (Phi) is 4.98. The predicted octanol–water partition coefficient (Wildman–Crippen LogP) is 4.24. The molecule has 0 radical (unpaired) electrons. The number of aromatic hydroxyl groups is 1. The normalized spacial score (nSPS) is 16.0. The molecular weight excluding hydrogens is 294 g/mol. The van der Waals surface area contributed by atoms with Gasteiger partial charge in [0.25, 0.3) is 0 Å². The molecule has 22 heavy (non-hydrogen) atoms. The third kappa shape index (κ3) is 3.80. The Bertz CT molecular complexity index is 644. The van der Waals surface area contributed by atoms with Crippen molar-refractivity contribution in [2.24, 2.45) is 5.92 Å². The highest BCUT2D eigenvalue weighted by atomic mass is 32.1. The molecule has 1 aromatic carbocycles. The molecule has 1 heterocycles. The van der Waals surface area contributed by atoms with Crippen LogP contribution >= 0.6 is 11.3 Å². The average molecular weight is 317 g/mol. The number of carbonyl (C=O) groups is 1. The van der Waals surface area contributed by atoms with Gasteiger partial charge in [-0.2, -0.15) is 0 Å². The minimum Gasteiger partial charge on any atom is -0.508 e. The van der Waals surface area contributed by atoms with Gasteiger partial charge in [-0.25, -0.2) is 0 Å². The second-order valence-corrected chi connectivity index (χ2v) is 7.16. The molecule has 4 heteroatoms. The van der Waals surface area contributed by atoms with Crippen LogP contribution in [0.1, 0.15) is 44.1 Å². The molecule has 3 nitrogen and oxygen atoms in total. The first kappa shape index (κ1) is 15.3. The van der Waals surface area contributed by atoms with Crippen molar-refractivity contribution >= 4 is 27.3 Å². The minimum absolute atomic E-state index is 0.189. The summed E-state index contributed by atoms with van der Waals surface area (Å²) in [7, 11) is 0. The molecule has 1 amide bonds. The van der Waals surface area contributed by atoms with Crippen LogP contribution < -0.4 is 5.32 Å². The van der Waals surface area contributed by atoms with Crippen LogP contribution in [0.2, 0.25) is 0 Å². The maximum absolute atomic E-state index is 12.0. The van der Waals surface area contributed by atoms with E-state index < -0.39 is 0 Å². The van der Waals surface area contributed by atoms with E-state index in [9.17, 15) is 9.90 Å². The van der Waals surface area contributed by atoms with Crippen molar-refractivity contribution < 1.29 is 9.90 Å². The number of fused-ring (bicyclic) bond motifs is 1. The van der Waals surface area contributed by atoms with Crippen molar-refractivity contribution in [3.63, 3.8) is 0 Å². The molecule has 0 unspecified atom stereocenters. The highest BCUT2D eigenvalue weighted by molar-refractivity contribution is 7.17. The molecule has 0 spiro atoms. The van der Waals surface area contributed by atoms with Gasteiger partial charge in [-0.05, 0) is 59.7 Å². The first-order valence-corrected chi connectivity index (χ1v) is 9.06. The largest absolute Gasteiger partial charge is 0.508 e. The van der Waals surface area contributed by atoms with Crippen molar-refractivity contribution in [1.29, 1.82) is 0 Å². The number of rotatable bonds is 5. The second-order valence-electron chi connectivity index (χ2n) is 6.25. The van der Waals surface area contributed by atoms with Crippen LogP contribution in [0.3, 0.4) is 0 Å². The first-order chi connectivity index (χ1) is 10.7. The van der Waals surface area contributed by atoms with Gasteiger partial charge in [0.1, 0.15) is 5.75 Å². The first-order valence-electron chi connectivity index (χ1n) is 8.18. The lowest BCUT2D eigenvalue weighted by Gasteiger charge is -2.20. The zero-order chi connectivity index (χ0) is 15.4. The lowest BCUT2D eigenvalue weighted by molar-refractivity contribution is -0.122. The van der Waals surface area contributed by atoms with E-state index in [4.69, 9.17) is 0 Å². The summed E-state index contributed by atoms with van der Waals surface area (Å²) in [4.78, 5) is 12.0. The van der Waals surface area contributed by atoms with Gasteiger partial charge in [0.15, 0.2) is 0 Å². The van der Waals surface area contributed by atoms with Crippen LogP contribution in [0.5, 0.6) is 5.75 Å². The summed E-state index contributed by atoms with van der Waals surface area (Å²) < 4.78 is 1.18. The van der Waals surface area contributed by atoms with Gasteiger partial charge in [0.05, 0.1) is 0 Å². The maximum atomic E-state index is 12.0. The Hall–Kier alpha value is -1.55. The number of thiophene rings is 1. The summed E-state index contributed by atoms with van der Waals surface area (Å²) in [5, 5.41) is 15.9. The average Bonchev–Trinajstić information content (AvgIpc) is 2.91. The molecule has 3 rings (SSSR count). The Labute approximate surface area is 135 Å². The van der Waals surface area contributed by atoms with E-state index in [1.54, 1.807) is 17.4 Å². The Morgan fingerprint density at radius 3 is 2.91 bits per heavy atom. The Morgan fingerprint density at radius 1 is 1.27 bits per heavy atom. The van der Waals surface area contributed by atoms with E-state index >= 15 is 0 Å². The summed E-state index contributed by atoms with van der Waals surface area (Å²) in [5.74, 6) is 1.08. The Balaban J connectivity index is 1.49.